The van der Waals surface area contributed by atoms with E-state index in [-0.39, 0.29) is 10.9 Å². The van der Waals surface area contributed by atoms with Gasteiger partial charge in [0.15, 0.2) is 0 Å². The molecule has 0 saturated heterocycles. The molecule has 0 aliphatic heterocycles. The molecule has 0 unspecified atom stereocenters. The molecule has 1 heterocycles. The first-order valence-corrected chi connectivity index (χ1v) is 7.93. The molecule has 0 amide bonds. The van der Waals surface area contributed by atoms with Gasteiger partial charge in [-0.25, -0.2) is 8.42 Å². The highest BCUT2D eigenvalue weighted by Crippen LogP contribution is 2.20. The van der Waals surface area contributed by atoms with Crippen LogP contribution in [0, 0.1) is 13.8 Å². The van der Waals surface area contributed by atoms with Crippen LogP contribution in [0.25, 0.3) is 0 Å². The molecule has 20 heavy (non-hydrogen) atoms. The van der Waals surface area contributed by atoms with E-state index >= 15 is 0 Å². The van der Waals surface area contributed by atoms with Crippen LogP contribution in [0.4, 0.5) is 5.69 Å². The second-order valence-electron chi connectivity index (χ2n) is 5.13. The quantitative estimate of drug-likeness (QED) is 0.942. The summed E-state index contributed by atoms with van der Waals surface area (Å²) < 4.78 is 29.1. The fourth-order valence-electron chi connectivity index (χ4n) is 1.91. The number of anilines is 1. The topological polar surface area (TPSA) is 64.0 Å². The lowest BCUT2D eigenvalue weighted by Crippen LogP contribution is -2.13. The third kappa shape index (κ3) is 3.01. The van der Waals surface area contributed by atoms with Gasteiger partial charge in [-0.05, 0) is 45.4 Å². The molecule has 0 aliphatic carbocycles. The summed E-state index contributed by atoms with van der Waals surface area (Å²) in [6.07, 6.45) is 1.57. The zero-order valence-electron chi connectivity index (χ0n) is 12.1. The predicted molar refractivity (Wildman–Crippen MR) is 79.3 cm³/mol. The maximum atomic E-state index is 12.4. The molecule has 1 N–H and O–H groups in total. The minimum atomic E-state index is -3.61. The molecule has 108 valence electrons. The first kappa shape index (κ1) is 14.6. The molecule has 1 aromatic heterocycles. The average Bonchev–Trinajstić information content (AvgIpc) is 2.71. The van der Waals surface area contributed by atoms with E-state index in [1.807, 2.05) is 32.9 Å². The van der Waals surface area contributed by atoms with Crippen molar-refractivity contribution in [2.24, 2.45) is 0 Å². The smallest absolute Gasteiger partial charge is 0.265 e. The van der Waals surface area contributed by atoms with Crippen molar-refractivity contribution < 1.29 is 8.42 Å². The number of nitrogens with zero attached hydrogens (tertiary/aromatic N) is 2. The molecular weight excluding hydrogens is 274 g/mol. The Labute approximate surface area is 119 Å². The summed E-state index contributed by atoms with van der Waals surface area (Å²) in [4.78, 5) is 0.215. The van der Waals surface area contributed by atoms with Crippen molar-refractivity contribution in [2.45, 2.75) is 38.6 Å². The molecule has 1 aromatic carbocycles. The standard InChI is InChI=1S/C14H19N3O2S/c1-10(2)17-9-14(12(4)15-17)20(18,19)16-13-7-5-6-11(3)8-13/h5-10,16H,1-4H3. The van der Waals surface area contributed by atoms with Gasteiger partial charge in [0, 0.05) is 17.9 Å². The van der Waals surface area contributed by atoms with Crippen LogP contribution < -0.4 is 4.72 Å². The largest absolute Gasteiger partial charge is 0.280 e. The first-order valence-electron chi connectivity index (χ1n) is 6.45. The molecule has 0 fully saturated rings. The van der Waals surface area contributed by atoms with E-state index in [4.69, 9.17) is 0 Å². The molecule has 0 saturated carbocycles. The molecule has 0 atom stereocenters. The normalized spacial score (nSPS) is 11.8. The number of sulfonamides is 1. The van der Waals surface area contributed by atoms with Crippen molar-refractivity contribution in [1.82, 2.24) is 9.78 Å². The lowest BCUT2D eigenvalue weighted by Gasteiger charge is -2.07. The molecule has 6 heteroatoms. The average molecular weight is 293 g/mol. The van der Waals surface area contributed by atoms with Crippen LogP contribution in [0.5, 0.6) is 0 Å². The molecule has 2 aromatic rings. The SMILES string of the molecule is Cc1cccc(NS(=O)(=O)c2cn(C(C)C)nc2C)c1. The monoisotopic (exact) mass is 293 g/mol. The lowest BCUT2D eigenvalue weighted by atomic mass is 10.2. The van der Waals surface area contributed by atoms with Gasteiger partial charge in [0.2, 0.25) is 0 Å². The third-order valence-corrected chi connectivity index (χ3v) is 4.44. The fraction of sp³-hybridized carbons (Fsp3) is 0.357. The zero-order valence-corrected chi connectivity index (χ0v) is 12.9. The second kappa shape index (κ2) is 5.28. The van der Waals surface area contributed by atoms with Gasteiger partial charge < -0.3 is 0 Å². The van der Waals surface area contributed by atoms with Crippen molar-refractivity contribution in [2.75, 3.05) is 4.72 Å². The van der Waals surface area contributed by atoms with E-state index in [1.54, 1.807) is 29.9 Å². The molecule has 2 rings (SSSR count). The Balaban J connectivity index is 2.36. The number of aromatic nitrogens is 2. The molecule has 0 spiro atoms. The number of hydrogen-bond donors (Lipinski definition) is 1. The fourth-order valence-corrected chi connectivity index (χ4v) is 3.14. The van der Waals surface area contributed by atoms with Crippen molar-refractivity contribution in [3.63, 3.8) is 0 Å². The van der Waals surface area contributed by atoms with Crippen molar-refractivity contribution in [3.05, 3.63) is 41.7 Å². The number of aryl methyl sites for hydroxylation is 2. The zero-order chi connectivity index (χ0) is 14.9. The Morgan fingerprint density at radius 3 is 2.50 bits per heavy atom. The Morgan fingerprint density at radius 2 is 1.95 bits per heavy atom. The molecule has 5 nitrogen and oxygen atoms in total. The highest BCUT2D eigenvalue weighted by Gasteiger charge is 2.21. The van der Waals surface area contributed by atoms with Gasteiger partial charge >= 0.3 is 0 Å². The predicted octanol–water partition coefficient (Wildman–Crippen LogP) is 2.88. The van der Waals surface area contributed by atoms with Gasteiger partial charge in [0.25, 0.3) is 10.0 Å². The summed E-state index contributed by atoms with van der Waals surface area (Å²) in [5.41, 5.74) is 2.06. The van der Waals surface area contributed by atoms with E-state index in [1.165, 1.54) is 0 Å². The van der Waals surface area contributed by atoms with Crippen molar-refractivity contribution in [3.8, 4) is 0 Å². The first-order chi connectivity index (χ1) is 9.29. The minimum Gasteiger partial charge on any atom is -0.280 e. The number of benzene rings is 1. The summed E-state index contributed by atoms with van der Waals surface area (Å²) >= 11 is 0. The maximum absolute atomic E-state index is 12.4. The van der Waals surface area contributed by atoms with Gasteiger partial charge in [-0.15, -0.1) is 0 Å². The van der Waals surface area contributed by atoms with Gasteiger partial charge in [0.05, 0.1) is 5.69 Å². The molecule has 0 aliphatic rings. The maximum Gasteiger partial charge on any atom is 0.265 e. The molecular formula is C14H19N3O2S. The van der Waals surface area contributed by atoms with Gasteiger partial charge in [0.1, 0.15) is 4.90 Å². The number of rotatable bonds is 4. The lowest BCUT2D eigenvalue weighted by molar-refractivity contribution is 0.528. The summed E-state index contributed by atoms with van der Waals surface area (Å²) in [6, 6.07) is 7.38. The highest BCUT2D eigenvalue weighted by molar-refractivity contribution is 7.92. The van der Waals surface area contributed by atoms with Crippen molar-refractivity contribution >= 4 is 15.7 Å². The van der Waals surface area contributed by atoms with Crippen molar-refractivity contribution in [1.29, 1.82) is 0 Å². The minimum absolute atomic E-state index is 0.122. The summed E-state index contributed by atoms with van der Waals surface area (Å²) in [6.45, 7) is 7.52. The highest BCUT2D eigenvalue weighted by atomic mass is 32.2. The summed E-state index contributed by atoms with van der Waals surface area (Å²) in [7, 11) is -3.61. The van der Waals surface area contributed by atoms with Gasteiger partial charge in [-0.3, -0.25) is 9.40 Å². The summed E-state index contributed by atoms with van der Waals surface area (Å²) in [5.74, 6) is 0. The summed E-state index contributed by atoms with van der Waals surface area (Å²) in [5, 5.41) is 4.23. The van der Waals surface area contributed by atoms with Crippen LogP contribution in [0.3, 0.4) is 0 Å². The van der Waals surface area contributed by atoms with Crippen LogP contribution in [0.15, 0.2) is 35.4 Å². The van der Waals surface area contributed by atoms with E-state index in [0.29, 0.717) is 11.4 Å². The number of hydrogen-bond acceptors (Lipinski definition) is 3. The molecule has 0 radical (unpaired) electrons. The Bertz CT molecular complexity index is 718. The second-order valence-corrected chi connectivity index (χ2v) is 6.78. The van der Waals surface area contributed by atoms with E-state index in [2.05, 4.69) is 9.82 Å². The van der Waals surface area contributed by atoms with Crippen LogP contribution in [0.1, 0.15) is 31.1 Å². The van der Waals surface area contributed by atoms with Crippen LogP contribution in [-0.2, 0) is 10.0 Å². The van der Waals surface area contributed by atoms with Gasteiger partial charge in [-0.2, -0.15) is 5.10 Å². The van der Waals surface area contributed by atoms with Crippen LogP contribution in [-0.4, -0.2) is 18.2 Å². The molecule has 0 bridgehead atoms. The van der Waals surface area contributed by atoms with Crippen LogP contribution >= 0.6 is 0 Å². The Kier molecular flexibility index (Phi) is 3.85. The number of nitrogens with one attached hydrogen (secondary N) is 1. The van der Waals surface area contributed by atoms with Gasteiger partial charge in [-0.1, -0.05) is 12.1 Å². The van der Waals surface area contributed by atoms with E-state index in [0.717, 1.165) is 5.56 Å². The van der Waals surface area contributed by atoms with Crippen LogP contribution in [0.2, 0.25) is 0 Å². The van der Waals surface area contributed by atoms with E-state index in [9.17, 15) is 8.42 Å². The third-order valence-electron chi connectivity index (χ3n) is 2.96. The van der Waals surface area contributed by atoms with E-state index < -0.39 is 10.0 Å². The Morgan fingerprint density at radius 1 is 1.25 bits per heavy atom. The Hall–Kier alpha value is -1.82.